The lowest BCUT2D eigenvalue weighted by atomic mass is 10.0. The fourth-order valence-corrected chi connectivity index (χ4v) is 4.09. The molecule has 1 N–H and O–H groups in total. The average Bonchev–Trinajstić information content (AvgIpc) is 2.88. The first kappa shape index (κ1) is 17.0. The Morgan fingerprint density at radius 1 is 1.41 bits per heavy atom. The summed E-state index contributed by atoms with van der Waals surface area (Å²) in [6.45, 7) is 5.53. The van der Waals surface area contributed by atoms with Gasteiger partial charge in [-0.05, 0) is 25.2 Å². The Hall–Kier alpha value is -1.41. The van der Waals surface area contributed by atoms with Gasteiger partial charge >= 0.3 is 0 Å². The molecule has 0 aromatic carbocycles. The molecule has 2 rings (SSSR count). The van der Waals surface area contributed by atoms with Crippen LogP contribution in [-0.2, 0) is 17.1 Å². The molecule has 7 nitrogen and oxygen atoms in total. The number of sulfonamides is 1. The first-order valence-corrected chi connectivity index (χ1v) is 9.12. The maximum absolute atomic E-state index is 12.8. The van der Waals surface area contributed by atoms with Crippen LogP contribution in [-0.4, -0.2) is 48.0 Å². The van der Waals surface area contributed by atoms with E-state index in [9.17, 15) is 13.2 Å². The van der Waals surface area contributed by atoms with Crippen molar-refractivity contribution in [1.29, 1.82) is 0 Å². The van der Waals surface area contributed by atoms with Gasteiger partial charge in [-0.1, -0.05) is 13.8 Å². The molecule has 8 heteroatoms. The van der Waals surface area contributed by atoms with Crippen molar-refractivity contribution in [3.8, 4) is 0 Å². The van der Waals surface area contributed by atoms with E-state index in [1.165, 1.54) is 15.2 Å². The van der Waals surface area contributed by atoms with E-state index in [4.69, 9.17) is 0 Å². The Balaban J connectivity index is 2.29. The van der Waals surface area contributed by atoms with Crippen LogP contribution in [0.3, 0.4) is 0 Å². The summed E-state index contributed by atoms with van der Waals surface area (Å²) in [7, 11) is -2.11. The van der Waals surface area contributed by atoms with Crippen molar-refractivity contribution in [1.82, 2.24) is 19.4 Å². The van der Waals surface area contributed by atoms with Crippen LogP contribution in [0.5, 0.6) is 0 Å². The predicted octanol–water partition coefficient (Wildman–Crippen LogP) is 0.980. The smallest absolute Gasteiger partial charge is 0.263 e. The summed E-state index contributed by atoms with van der Waals surface area (Å²) in [5.41, 5.74) is 0.120. The van der Waals surface area contributed by atoms with Crippen molar-refractivity contribution in [2.45, 2.75) is 38.1 Å². The number of carbonyl (C=O) groups excluding carboxylic acids is 1. The number of carbonyl (C=O) groups is 1. The van der Waals surface area contributed by atoms with E-state index in [1.807, 2.05) is 6.92 Å². The van der Waals surface area contributed by atoms with Gasteiger partial charge in [0.25, 0.3) is 15.9 Å². The number of nitrogens with one attached hydrogen (secondary N) is 1. The normalized spacial score (nSPS) is 17.6. The van der Waals surface area contributed by atoms with E-state index in [0.717, 1.165) is 19.3 Å². The van der Waals surface area contributed by atoms with E-state index < -0.39 is 10.0 Å². The zero-order chi connectivity index (χ0) is 16.3. The fraction of sp³-hybridized carbons (Fsp3) is 0.714. The summed E-state index contributed by atoms with van der Waals surface area (Å²) in [6, 6.07) is 0. The van der Waals surface area contributed by atoms with Crippen molar-refractivity contribution in [3.05, 3.63) is 11.8 Å². The van der Waals surface area contributed by atoms with E-state index in [1.54, 1.807) is 7.05 Å². The van der Waals surface area contributed by atoms with E-state index in [2.05, 4.69) is 17.3 Å². The lowest BCUT2D eigenvalue weighted by molar-refractivity contribution is 0.0950. The van der Waals surface area contributed by atoms with Crippen LogP contribution in [0.2, 0.25) is 0 Å². The lowest BCUT2D eigenvalue weighted by Gasteiger charge is -2.28. The van der Waals surface area contributed by atoms with Gasteiger partial charge < -0.3 is 5.32 Å². The molecule has 1 aliphatic rings. The molecular weight excluding hydrogens is 304 g/mol. The summed E-state index contributed by atoms with van der Waals surface area (Å²) < 4.78 is 28.4. The molecule has 0 spiro atoms. The van der Waals surface area contributed by atoms with Gasteiger partial charge in [0.1, 0.15) is 0 Å². The third kappa shape index (κ3) is 3.49. The average molecular weight is 328 g/mol. The highest BCUT2D eigenvalue weighted by atomic mass is 32.2. The third-order valence-corrected chi connectivity index (χ3v) is 5.74. The van der Waals surface area contributed by atoms with Crippen LogP contribution in [0.1, 0.15) is 43.5 Å². The first-order chi connectivity index (χ1) is 10.4. The van der Waals surface area contributed by atoms with Gasteiger partial charge in [0, 0.05) is 32.9 Å². The molecule has 22 heavy (non-hydrogen) atoms. The second kappa shape index (κ2) is 6.78. The number of aromatic nitrogens is 2. The van der Waals surface area contributed by atoms with Crippen molar-refractivity contribution >= 4 is 15.9 Å². The van der Waals surface area contributed by atoms with Crippen LogP contribution in [0, 0.1) is 5.92 Å². The maximum atomic E-state index is 12.8. The molecule has 2 heterocycles. The second-order valence-corrected chi connectivity index (χ2v) is 7.72. The molecule has 0 saturated carbocycles. The molecule has 124 valence electrons. The van der Waals surface area contributed by atoms with Crippen LogP contribution in [0.15, 0.2) is 11.2 Å². The molecule has 1 saturated heterocycles. The molecule has 0 aliphatic carbocycles. The van der Waals surface area contributed by atoms with Gasteiger partial charge in [-0.3, -0.25) is 9.48 Å². The first-order valence-electron chi connectivity index (χ1n) is 7.68. The Kier molecular flexibility index (Phi) is 5.23. The summed E-state index contributed by atoms with van der Waals surface area (Å²) in [5.74, 6) is 0.140. The fourth-order valence-electron chi connectivity index (χ4n) is 2.50. The van der Waals surface area contributed by atoms with Crippen molar-refractivity contribution in [2.75, 3.05) is 19.6 Å². The monoisotopic (exact) mass is 328 g/mol. The van der Waals surface area contributed by atoms with Crippen molar-refractivity contribution in [3.63, 3.8) is 0 Å². The predicted molar refractivity (Wildman–Crippen MR) is 83.0 cm³/mol. The van der Waals surface area contributed by atoms with Gasteiger partial charge in [-0.15, -0.1) is 0 Å². The zero-order valence-corrected chi connectivity index (χ0v) is 14.2. The molecule has 1 amide bonds. The number of amides is 1. The third-order valence-electron chi connectivity index (χ3n) is 3.90. The molecule has 0 radical (unpaired) electrons. The quantitative estimate of drug-likeness (QED) is 0.873. The molecule has 1 aliphatic heterocycles. The number of hydrogen-bond donors (Lipinski definition) is 1. The van der Waals surface area contributed by atoms with Crippen LogP contribution < -0.4 is 5.32 Å². The van der Waals surface area contributed by atoms with E-state index in [-0.39, 0.29) is 16.5 Å². The minimum Gasteiger partial charge on any atom is -0.352 e. The number of hydrogen-bond acceptors (Lipinski definition) is 4. The number of nitrogens with zero attached hydrogens (tertiary/aromatic N) is 3. The van der Waals surface area contributed by atoms with Crippen LogP contribution >= 0.6 is 0 Å². The van der Waals surface area contributed by atoms with Crippen molar-refractivity contribution in [2.24, 2.45) is 13.0 Å². The van der Waals surface area contributed by atoms with Crippen LogP contribution in [0.4, 0.5) is 0 Å². The highest BCUT2D eigenvalue weighted by molar-refractivity contribution is 7.89. The van der Waals surface area contributed by atoms with Crippen molar-refractivity contribution < 1.29 is 13.2 Å². The minimum atomic E-state index is -3.72. The Morgan fingerprint density at radius 3 is 2.64 bits per heavy atom. The number of piperidine rings is 1. The van der Waals surface area contributed by atoms with Gasteiger partial charge in [-0.2, -0.15) is 9.40 Å². The van der Waals surface area contributed by atoms with Gasteiger partial charge in [0.05, 0.1) is 5.56 Å². The standard InChI is InChI=1S/C14H24N4O3S/c1-4-7-15-13(19)12-10-17(3)16-14(12)22(20,21)18-8-5-11(2)6-9-18/h10-11H,4-9H2,1-3H3,(H,15,19). The highest BCUT2D eigenvalue weighted by Gasteiger charge is 2.34. The Morgan fingerprint density at radius 2 is 2.05 bits per heavy atom. The van der Waals surface area contributed by atoms with Crippen LogP contribution in [0.25, 0.3) is 0 Å². The minimum absolute atomic E-state index is 0.120. The Labute approximate surface area is 131 Å². The molecule has 0 atom stereocenters. The Bertz CT molecular complexity index is 631. The highest BCUT2D eigenvalue weighted by Crippen LogP contribution is 2.24. The summed E-state index contributed by atoms with van der Waals surface area (Å²) in [4.78, 5) is 12.2. The lowest BCUT2D eigenvalue weighted by Crippen LogP contribution is -2.39. The van der Waals surface area contributed by atoms with Gasteiger partial charge in [-0.25, -0.2) is 8.42 Å². The molecule has 1 fully saturated rings. The molecule has 0 bridgehead atoms. The summed E-state index contributed by atoms with van der Waals surface area (Å²) in [5, 5.41) is 6.60. The number of aryl methyl sites for hydroxylation is 1. The maximum Gasteiger partial charge on any atom is 0.263 e. The molecule has 0 unspecified atom stereocenters. The zero-order valence-electron chi connectivity index (χ0n) is 13.4. The molecular formula is C14H24N4O3S. The van der Waals surface area contributed by atoms with E-state index >= 15 is 0 Å². The second-order valence-electron chi connectivity index (χ2n) is 5.86. The molecule has 1 aromatic heterocycles. The molecule has 1 aromatic rings. The van der Waals surface area contributed by atoms with Gasteiger partial charge in [0.2, 0.25) is 5.03 Å². The SMILES string of the molecule is CCCNC(=O)c1cn(C)nc1S(=O)(=O)N1CCC(C)CC1. The largest absolute Gasteiger partial charge is 0.352 e. The summed E-state index contributed by atoms with van der Waals surface area (Å²) in [6.07, 6.45) is 3.93. The number of rotatable bonds is 5. The van der Waals surface area contributed by atoms with Gasteiger partial charge in [0.15, 0.2) is 0 Å². The summed E-state index contributed by atoms with van der Waals surface area (Å²) >= 11 is 0. The topological polar surface area (TPSA) is 84.3 Å². The van der Waals surface area contributed by atoms with E-state index in [0.29, 0.717) is 25.6 Å².